The highest BCUT2D eigenvalue weighted by Gasteiger charge is 2.25. The molecule has 2 aliphatic rings. The molecule has 1 fully saturated rings. The van der Waals surface area contributed by atoms with E-state index in [1.165, 1.54) is 15.8 Å². The highest BCUT2D eigenvalue weighted by molar-refractivity contribution is 7.18. The number of fused-ring (bicyclic) bond motifs is 2. The van der Waals surface area contributed by atoms with Crippen molar-refractivity contribution in [2.75, 3.05) is 19.9 Å². The van der Waals surface area contributed by atoms with Crippen molar-refractivity contribution in [1.29, 1.82) is 0 Å². The fourth-order valence-corrected chi connectivity index (χ4v) is 5.15. The van der Waals surface area contributed by atoms with E-state index < -0.39 is 0 Å². The molecule has 5 rings (SSSR count). The molecule has 0 unspecified atom stereocenters. The average molecular weight is 384 g/mol. The van der Waals surface area contributed by atoms with Crippen molar-refractivity contribution < 1.29 is 13.9 Å². The smallest absolute Gasteiger partial charge is 0.189 e. The molecule has 3 aromatic rings. The predicted octanol–water partition coefficient (Wildman–Crippen LogP) is 4.68. The first-order valence-corrected chi connectivity index (χ1v) is 10.2. The van der Waals surface area contributed by atoms with Gasteiger partial charge >= 0.3 is 0 Å². The van der Waals surface area contributed by atoms with Gasteiger partial charge in [-0.1, -0.05) is 12.1 Å². The van der Waals surface area contributed by atoms with Gasteiger partial charge in [0.1, 0.15) is 11.6 Å². The molecule has 0 N–H and O–H groups in total. The summed E-state index contributed by atoms with van der Waals surface area (Å²) in [6.07, 6.45) is 2.17. The molecule has 2 aliphatic heterocycles. The molecule has 0 aliphatic carbocycles. The molecular weight excluding hydrogens is 363 g/mol. The van der Waals surface area contributed by atoms with Gasteiger partial charge in [-0.3, -0.25) is 4.90 Å². The van der Waals surface area contributed by atoms with Gasteiger partial charge in [0, 0.05) is 23.6 Å². The Kier molecular flexibility index (Phi) is 4.55. The molecule has 3 heterocycles. The summed E-state index contributed by atoms with van der Waals surface area (Å²) >= 11 is 1.82. The number of benzene rings is 2. The molecule has 0 spiro atoms. The summed E-state index contributed by atoms with van der Waals surface area (Å²) < 4.78 is 26.1. The summed E-state index contributed by atoms with van der Waals surface area (Å²) in [7, 11) is 0. The van der Waals surface area contributed by atoms with Crippen LogP contribution < -0.4 is 4.74 Å². The fraction of sp³-hybridized carbons (Fsp3) is 0.381. The van der Waals surface area contributed by atoms with Crippen LogP contribution >= 0.6 is 11.3 Å². The first kappa shape index (κ1) is 17.1. The monoisotopic (exact) mass is 384 g/mol. The molecule has 140 valence electrons. The lowest BCUT2D eigenvalue weighted by Gasteiger charge is -2.32. The third-order valence-electron chi connectivity index (χ3n) is 5.39. The summed E-state index contributed by atoms with van der Waals surface area (Å²) in [6.45, 7) is 3.35. The second-order valence-electron chi connectivity index (χ2n) is 7.23. The van der Waals surface area contributed by atoms with E-state index in [0.717, 1.165) is 48.3 Å². The summed E-state index contributed by atoms with van der Waals surface area (Å²) in [5.74, 6) is 1.10. The minimum atomic E-state index is -0.220. The number of thiazole rings is 1. The zero-order valence-electron chi connectivity index (χ0n) is 15.0. The zero-order chi connectivity index (χ0) is 18.2. The van der Waals surface area contributed by atoms with Crippen LogP contribution in [-0.2, 0) is 17.9 Å². The second-order valence-corrected chi connectivity index (χ2v) is 8.30. The van der Waals surface area contributed by atoms with E-state index in [0.29, 0.717) is 19.1 Å². The lowest BCUT2D eigenvalue weighted by Crippen LogP contribution is -2.32. The van der Waals surface area contributed by atoms with Crippen LogP contribution in [0.25, 0.3) is 10.2 Å². The number of aromatic nitrogens is 1. The highest BCUT2D eigenvalue weighted by Crippen LogP contribution is 2.35. The number of hydrogen-bond donors (Lipinski definition) is 0. The molecule has 2 aromatic carbocycles. The van der Waals surface area contributed by atoms with Crippen LogP contribution in [0.15, 0.2) is 36.4 Å². The van der Waals surface area contributed by atoms with Crippen molar-refractivity contribution in [3.8, 4) is 5.75 Å². The first-order chi connectivity index (χ1) is 13.3. The maximum absolute atomic E-state index is 14.0. The van der Waals surface area contributed by atoms with Crippen LogP contribution in [0, 0.1) is 5.82 Å². The number of hydrogen-bond acceptors (Lipinski definition) is 5. The van der Waals surface area contributed by atoms with Crippen molar-refractivity contribution >= 4 is 21.6 Å². The quantitative estimate of drug-likeness (QED) is 0.657. The van der Waals surface area contributed by atoms with Crippen molar-refractivity contribution in [2.24, 2.45) is 0 Å². The summed E-state index contributed by atoms with van der Waals surface area (Å²) in [5, 5.41) is 1.25. The van der Waals surface area contributed by atoms with Gasteiger partial charge in [-0.05, 0) is 50.2 Å². The van der Waals surface area contributed by atoms with Gasteiger partial charge in [0.25, 0.3) is 0 Å². The summed E-state index contributed by atoms with van der Waals surface area (Å²) in [5.41, 5.74) is 2.83. The normalized spacial score (nSPS) is 18.4. The molecule has 0 bridgehead atoms. The minimum absolute atomic E-state index is 0.220. The van der Waals surface area contributed by atoms with E-state index >= 15 is 0 Å². The number of ether oxygens (including phenoxy) is 2. The van der Waals surface area contributed by atoms with Gasteiger partial charge < -0.3 is 9.47 Å². The van der Waals surface area contributed by atoms with Gasteiger partial charge in [0.05, 0.1) is 21.8 Å². The standard InChI is InChI=1S/C21H21FN2O2S/c22-17-9-15(20-16(10-17)12-25-13-26-20)11-24-7-5-14(6-8-24)21-23-18-3-1-2-4-19(18)27-21/h1-4,9-10,14H,5-8,11-13H2. The number of piperidine rings is 1. The Labute approximate surface area is 161 Å². The Morgan fingerprint density at radius 1 is 1.19 bits per heavy atom. The maximum Gasteiger partial charge on any atom is 0.189 e. The van der Waals surface area contributed by atoms with E-state index in [4.69, 9.17) is 14.5 Å². The fourth-order valence-electron chi connectivity index (χ4n) is 4.02. The van der Waals surface area contributed by atoms with Gasteiger partial charge in [-0.2, -0.15) is 0 Å². The van der Waals surface area contributed by atoms with Crippen LogP contribution in [0.4, 0.5) is 4.39 Å². The average Bonchev–Trinajstić information content (AvgIpc) is 3.13. The van der Waals surface area contributed by atoms with Crippen molar-refractivity contribution in [1.82, 2.24) is 9.88 Å². The van der Waals surface area contributed by atoms with Gasteiger partial charge in [0.15, 0.2) is 6.79 Å². The Hall–Kier alpha value is -2.02. The number of likely N-dealkylation sites (tertiary alicyclic amines) is 1. The predicted molar refractivity (Wildman–Crippen MR) is 104 cm³/mol. The second kappa shape index (κ2) is 7.19. The summed E-state index contributed by atoms with van der Waals surface area (Å²) in [6, 6.07) is 11.5. The molecule has 1 aromatic heterocycles. The van der Waals surface area contributed by atoms with Crippen LogP contribution in [0.5, 0.6) is 5.75 Å². The third-order valence-corrected chi connectivity index (χ3v) is 6.59. The van der Waals surface area contributed by atoms with Gasteiger partial charge in [-0.15, -0.1) is 11.3 Å². The number of para-hydroxylation sites is 1. The van der Waals surface area contributed by atoms with Crippen LogP contribution in [0.3, 0.4) is 0 Å². The molecule has 0 saturated carbocycles. The Bertz CT molecular complexity index is 933. The Morgan fingerprint density at radius 2 is 2.04 bits per heavy atom. The number of halogens is 1. The largest absolute Gasteiger partial charge is 0.467 e. The maximum atomic E-state index is 14.0. The summed E-state index contributed by atoms with van der Waals surface area (Å²) in [4.78, 5) is 7.22. The SMILES string of the molecule is Fc1cc2c(c(CN3CCC(c4nc5ccccc5s4)CC3)c1)OCOC2. The molecule has 27 heavy (non-hydrogen) atoms. The molecule has 4 nitrogen and oxygen atoms in total. The number of rotatable bonds is 3. The Balaban J connectivity index is 1.28. The number of nitrogens with zero attached hydrogens (tertiary/aromatic N) is 2. The van der Waals surface area contributed by atoms with Gasteiger partial charge in [0.2, 0.25) is 0 Å². The van der Waals surface area contributed by atoms with E-state index in [1.807, 2.05) is 17.4 Å². The molecule has 1 saturated heterocycles. The molecule has 6 heteroatoms. The van der Waals surface area contributed by atoms with Crippen molar-refractivity contribution in [2.45, 2.75) is 31.9 Å². The lowest BCUT2D eigenvalue weighted by molar-refractivity contribution is -0.0177. The van der Waals surface area contributed by atoms with E-state index in [-0.39, 0.29) is 12.6 Å². The van der Waals surface area contributed by atoms with E-state index in [1.54, 1.807) is 6.07 Å². The third kappa shape index (κ3) is 3.45. The lowest BCUT2D eigenvalue weighted by atomic mass is 9.97. The van der Waals surface area contributed by atoms with E-state index in [2.05, 4.69) is 23.1 Å². The molecule has 0 radical (unpaired) electrons. The molecular formula is C21H21FN2O2S. The van der Waals surface area contributed by atoms with Crippen LogP contribution in [0.2, 0.25) is 0 Å². The van der Waals surface area contributed by atoms with Crippen LogP contribution in [0.1, 0.15) is 34.9 Å². The Morgan fingerprint density at radius 3 is 2.89 bits per heavy atom. The van der Waals surface area contributed by atoms with Crippen molar-refractivity contribution in [3.63, 3.8) is 0 Å². The zero-order valence-corrected chi connectivity index (χ0v) is 15.8. The van der Waals surface area contributed by atoms with Crippen LogP contribution in [-0.4, -0.2) is 29.8 Å². The molecule has 0 atom stereocenters. The first-order valence-electron chi connectivity index (χ1n) is 9.36. The topological polar surface area (TPSA) is 34.6 Å². The van der Waals surface area contributed by atoms with Gasteiger partial charge in [-0.25, -0.2) is 9.37 Å². The highest BCUT2D eigenvalue weighted by atomic mass is 32.1. The minimum Gasteiger partial charge on any atom is -0.467 e. The van der Waals surface area contributed by atoms with E-state index in [9.17, 15) is 4.39 Å². The molecule has 0 amide bonds. The van der Waals surface area contributed by atoms with Crippen molar-refractivity contribution in [3.05, 3.63) is 58.3 Å².